The van der Waals surface area contributed by atoms with Gasteiger partial charge in [0.05, 0.1) is 0 Å². The van der Waals surface area contributed by atoms with E-state index >= 15 is 0 Å². The molecule has 0 saturated carbocycles. The number of rotatable bonds is 2. The van der Waals surface area contributed by atoms with E-state index in [1.165, 1.54) is 12.7 Å². The van der Waals surface area contributed by atoms with E-state index in [9.17, 15) is 4.79 Å². The number of carbonyl (C=O) groups excluding carboxylic acids is 1. The first-order chi connectivity index (χ1) is 7.25. The number of hydrogen-bond acceptors (Lipinski definition) is 3. The number of nitrogens with zero attached hydrogens (tertiary/aromatic N) is 1. The second-order valence-corrected chi connectivity index (χ2v) is 3.20. The minimum Gasteiger partial charge on any atom is -0.451 e. The van der Waals surface area contributed by atoms with E-state index in [0.29, 0.717) is 0 Å². The monoisotopic (exact) mass is 202 g/mol. The van der Waals surface area contributed by atoms with Crippen LogP contribution in [0.15, 0.2) is 41.3 Å². The van der Waals surface area contributed by atoms with Crippen LogP contribution in [0.3, 0.4) is 0 Å². The summed E-state index contributed by atoms with van der Waals surface area (Å²) in [6, 6.07) is 7.56. The van der Waals surface area contributed by atoms with Gasteiger partial charge >= 0.3 is 0 Å². The SMILES string of the molecule is Cc1cccc(NC(=O)c2cocn2)c1. The van der Waals surface area contributed by atoms with Crippen LogP contribution in [0.25, 0.3) is 0 Å². The quantitative estimate of drug-likeness (QED) is 0.812. The lowest BCUT2D eigenvalue weighted by Gasteiger charge is -2.02. The van der Waals surface area contributed by atoms with Gasteiger partial charge in [0.15, 0.2) is 12.1 Å². The molecule has 0 aliphatic carbocycles. The van der Waals surface area contributed by atoms with E-state index in [4.69, 9.17) is 4.42 Å². The Hall–Kier alpha value is -2.10. The normalized spacial score (nSPS) is 9.93. The van der Waals surface area contributed by atoms with Gasteiger partial charge in [0.1, 0.15) is 6.26 Å². The second-order valence-electron chi connectivity index (χ2n) is 3.20. The third-order valence-corrected chi connectivity index (χ3v) is 1.94. The van der Waals surface area contributed by atoms with E-state index in [1.807, 2.05) is 31.2 Å². The number of nitrogens with one attached hydrogen (secondary N) is 1. The van der Waals surface area contributed by atoms with Crippen LogP contribution in [0, 0.1) is 6.92 Å². The van der Waals surface area contributed by atoms with Crippen LogP contribution < -0.4 is 5.32 Å². The minimum absolute atomic E-state index is 0.269. The number of carbonyl (C=O) groups is 1. The summed E-state index contributed by atoms with van der Waals surface area (Å²) in [5, 5.41) is 2.72. The molecule has 0 bridgehead atoms. The van der Waals surface area contributed by atoms with Crippen LogP contribution in [0.1, 0.15) is 16.1 Å². The molecule has 0 unspecified atom stereocenters. The summed E-state index contributed by atoms with van der Waals surface area (Å²) >= 11 is 0. The van der Waals surface area contributed by atoms with Gasteiger partial charge in [0.2, 0.25) is 0 Å². The Kier molecular flexibility index (Phi) is 2.49. The standard InChI is InChI=1S/C11H10N2O2/c1-8-3-2-4-9(5-8)13-11(14)10-6-15-7-12-10/h2-7H,1H3,(H,13,14). The largest absolute Gasteiger partial charge is 0.451 e. The average Bonchev–Trinajstić information content (AvgIpc) is 2.70. The molecule has 0 radical (unpaired) electrons. The van der Waals surface area contributed by atoms with Gasteiger partial charge in [0, 0.05) is 5.69 Å². The molecule has 1 aromatic carbocycles. The second kappa shape index (κ2) is 3.96. The summed E-state index contributed by atoms with van der Waals surface area (Å²) in [4.78, 5) is 15.3. The Morgan fingerprint density at radius 1 is 1.47 bits per heavy atom. The number of anilines is 1. The third-order valence-electron chi connectivity index (χ3n) is 1.94. The Morgan fingerprint density at radius 2 is 2.33 bits per heavy atom. The molecule has 0 atom stereocenters. The molecule has 2 aromatic rings. The van der Waals surface area contributed by atoms with Gasteiger partial charge in [-0.05, 0) is 24.6 Å². The summed E-state index contributed by atoms with van der Waals surface area (Å²) in [6.45, 7) is 1.96. The first kappa shape index (κ1) is 9.45. The Balaban J connectivity index is 2.13. The molecule has 15 heavy (non-hydrogen) atoms. The number of hydrogen-bond donors (Lipinski definition) is 1. The third kappa shape index (κ3) is 2.22. The zero-order valence-electron chi connectivity index (χ0n) is 8.23. The average molecular weight is 202 g/mol. The van der Waals surface area contributed by atoms with Crippen molar-refractivity contribution >= 4 is 11.6 Å². The summed E-state index contributed by atoms with van der Waals surface area (Å²) in [5.41, 5.74) is 2.12. The zero-order valence-corrected chi connectivity index (χ0v) is 8.23. The van der Waals surface area contributed by atoms with E-state index in [0.717, 1.165) is 11.3 Å². The van der Waals surface area contributed by atoms with Gasteiger partial charge in [0.25, 0.3) is 5.91 Å². The van der Waals surface area contributed by atoms with Crippen LogP contribution in [-0.4, -0.2) is 10.9 Å². The van der Waals surface area contributed by atoms with Gasteiger partial charge in [-0.15, -0.1) is 0 Å². The molecule has 0 spiro atoms. The highest BCUT2D eigenvalue weighted by molar-refractivity contribution is 6.02. The van der Waals surface area contributed by atoms with E-state index < -0.39 is 0 Å². The molecule has 0 fully saturated rings. The maximum absolute atomic E-state index is 11.6. The first-order valence-electron chi connectivity index (χ1n) is 4.52. The molecule has 76 valence electrons. The van der Waals surface area contributed by atoms with Crippen LogP contribution in [0.2, 0.25) is 0 Å². The number of amides is 1. The minimum atomic E-state index is -0.269. The number of aromatic nitrogens is 1. The lowest BCUT2D eigenvalue weighted by Crippen LogP contribution is -2.12. The fourth-order valence-corrected chi connectivity index (χ4v) is 1.24. The van der Waals surface area contributed by atoms with Gasteiger partial charge in [-0.3, -0.25) is 4.79 Å². The fraction of sp³-hybridized carbons (Fsp3) is 0.0909. The molecule has 1 amide bonds. The van der Waals surface area contributed by atoms with Crippen molar-refractivity contribution in [3.8, 4) is 0 Å². The highest BCUT2D eigenvalue weighted by Crippen LogP contribution is 2.10. The molecule has 0 aliphatic rings. The summed E-state index contributed by atoms with van der Waals surface area (Å²) in [7, 11) is 0. The molecule has 4 heteroatoms. The number of aryl methyl sites for hydroxylation is 1. The highest BCUT2D eigenvalue weighted by Gasteiger charge is 2.08. The Morgan fingerprint density at radius 3 is 3.00 bits per heavy atom. The van der Waals surface area contributed by atoms with Crippen molar-refractivity contribution in [2.24, 2.45) is 0 Å². The molecular formula is C11H10N2O2. The van der Waals surface area contributed by atoms with Crippen molar-refractivity contribution in [1.82, 2.24) is 4.98 Å². The fourth-order valence-electron chi connectivity index (χ4n) is 1.24. The predicted octanol–water partition coefficient (Wildman–Crippen LogP) is 2.24. The maximum atomic E-state index is 11.6. The van der Waals surface area contributed by atoms with Crippen molar-refractivity contribution in [1.29, 1.82) is 0 Å². The number of oxazole rings is 1. The van der Waals surface area contributed by atoms with Crippen LogP contribution >= 0.6 is 0 Å². The predicted molar refractivity (Wildman–Crippen MR) is 55.6 cm³/mol. The maximum Gasteiger partial charge on any atom is 0.277 e. The lowest BCUT2D eigenvalue weighted by molar-refractivity contribution is 0.102. The van der Waals surface area contributed by atoms with Gasteiger partial charge in [-0.25, -0.2) is 4.98 Å². The van der Waals surface area contributed by atoms with Crippen LogP contribution in [0.5, 0.6) is 0 Å². The number of benzene rings is 1. The van der Waals surface area contributed by atoms with E-state index in [2.05, 4.69) is 10.3 Å². The van der Waals surface area contributed by atoms with Crippen molar-refractivity contribution in [2.45, 2.75) is 6.92 Å². The highest BCUT2D eigenvalue weighted by atomic mass is 16.3. The molecule has 2 rings (SSSR count). The Bertz CT molecular complexity index is 463. The molecule has 1 aromatic heterocycles. The summed E-state index contributed by atoms with van der Waals surface area (Å²) < 4.78 is 4.73. The van der Waals surface area contributed by atoms with Gasteiger partial charge in [-0.2, -0.15) is 0 Å². The Labute approximate surface area is 86.9 Å². The summed E-state index contributed by atoms with van der Waals surface area (Å²) in [5.74, 6) is -0.269. The van der Waals surface area contributed by atoms with E-state index in [-0.39, 0.29) is 11.6 Å². The smallest absolute Gasteiger partial charge is 0.277 e. The molecule has 0 aliphatic heterocycles. The van der Waals surface area contributed by atoms with Crippen molar-refractivity contribution in [3.05, 3.63) is 48.2 Å². The molecule has 0 saturated heterocycles. The van der Waals surface area contributed by atoms with Gasteiger partial charge in [-0.1, -0.05) is 12.1 Å². The lowest BCUT2D eigenvalue weighted by atomic mass is 10.2. The molecule has 1 heterocycles. The van der Waals surface area contributed by atoms with Crippen molar-refractivity contribution < 1.29 is 9.21 Å². The van der Waals surface area contributed by atoms with E-state index in [1.54, 1.807) is 0 Å². The molecule has 1 N–H and O–H groups in total. The van der Waals surface area contributed by atoms with Crippen LogP contribution in [-0.2, 0) is 0 Å². The zero-order chi connectivity index (χ0) is 10.7. The van der Waals surface area contributed by atoms with Crippen molar-refractivity contribution in [2.75, 3.05) is 5.32 Å². The van der Waals surface area contributed by atoms with Gasteiger partial charge < -0.3 is 9.73 Å². The van der Waals surface area contributed by atoms with Crippen molar-refractivity contribution in [3.63, 3.8) is 0 Å². The van der Waals surface area contributed by atoms with Crippen LogP contribution in [0.4, 0.5) is 5.69 Å². The molecular weight excluding hydrogens is 192 g/mol. The topological polar surface area (TPSA) is 55.1 Å². The first-order valence-corrected chi connectivity index (χ1v) is 4.52. The summed E-state index contributed by atoms with van der Waals surface area (Å²) in [6.07, 6.45) is 2.54. The molecule has 4 nitrogen and oxygen atoms in total.